The summed E-state index contributed by atoms with van der Waals surface area (Å²) >= 11 is 0. The molecule has 0 saturated heterocycles. The van der Waals surface area contributed by atoms with E-state index in [4.69, 9.17) is 14.2 Å². The lowest BCUT2D eigenvalue weighted by Gasteiger charge is -2.07. The van der Waals surface area contributed by atoms with E-state index in [-0.39, 0.29) is 0 Å². The lowest BCUT2D eigenvalue weighted by atomic mass is 10.0. The molecule has 0 aromatic carbocycles. The Morgan fingerprint density at radius 1 is 0.205 bits per heavy atom. The van der Waals surface area contributed by atoms with Crippen LogP contribution in [0.4, 0.5) is 0 Å². The Morgan fingerprint density at radius 3 is 0.615 bits per heavy atom. The Bertz CT molecular complexity index is 365. The lowest BCUT2D eigenvalue weighted by molar-refractivity contribution is 0.0132. The molecule has 0 saturated carbocycles. The third-order valence-electron chi connectivity index (χ3n) is 8.03. The first kappa shape index (κ1) is 38.9. The van der Waals surface area contributed by atoms with Crippen LogP contribution >= 0.6 is 0 Å². The molecule has 0 amide bonds. The maximum absolute atomic E-state index is 5.71. The van der Waals surface area contributed by atoms with Crippen molar-refractivity contribution < 1.29 is 14.2 Å². The summed E-state index contributed by atoms with van der Waals surface area (Å²) in [5, 5.41) is 0. The molecule has 3 nitrogen and oxygen atoms in total. The van der Waals surface area contributed by atoms with Crippen LogP contribution in [0.2, 0.25) is 0 Å². The van der Waals surface area contributed by atoms with Gasteiger partial charge < -0.3 is 14.2 Å². The molecule has 0 N–H and O–H groups in total. The van der Waals surface area contributed by atoms with Gasteiger partial charge in [-0.1, -0.05) is 181 Å². The maximum atomic E-state index is 5.71. The zero-order chi connectivity index (χ0) is 28.2. The van der Waals surface area contributed by atoms with E-state index in [1.165, 1.54) is 180 Å². The van der Waals surface area contributed by atoms with Crippen LogP contribution < -0.4 is 0 Å². The van der Waals surface area contributed by atoms with E-state index in [1.54, 1.807) is 0 Å². The average molecular weight is 555 g/mol. The molecule has 0 aliphatic rings. The average Bonchev–Trinajstić information content (AvgIpc) is 2.95. The van der Waals surface area contributed by atoms with Gasteiger partial charge in [0.05, 0.1) is 26.4 Å². The van der Waals surface area contributed by atoms with Crippen molar-refractivity contribution in [2.24, 2.45) is 0 Å². The predicted octanol–water partition coefficient (Wildman–Crippen LogP) is 12.0. The highest BCUT2D eigenvalue weighted by molar-refractivity contribution is 4.51. The van der Waals surface area contributed by atoms with Crippen LogP contribution in [0.1, 0.15) is 194 Å². The number of rotatable bonds is 36. The molecular weight excluding hydrogens is 480 g/mol. The van der Waals surface area contributed by atoms with Crippen molar-refractivity contribution in [1.29, 1.82) is 0 Å². The van der Waals surface area contributed by atoms with Crippen LogP contribution in [-0.2, 0) is 14.2 Å². The van der Waals surface area contributed by atoms with Crippen LogP contribution in [0.3, 0.4) is 0 Å². The van der Waals surface area contributed by atoms with E-state index in [9.17, 15) is 0 Å². The van der Waals surface area contributed by atoms with Gasteiger partial charge in [0.15, 0.2) is 0 Å². The van der Waals surface area contributed by atoms with Gasteiger partial charge in [-0.2, -0.15) is 0 Å². The van der Waals surface area contributed by atoms with Gasteiger partial charge in [0.1, 0.15) is 0 Å². The van der Waals surface area contributed by atoms with Crippen molar-refractivity contribution in [2.45, 2.75) is 194 Å². The van der Waals surface area contributed by atoms with Gasteiger partial charge in [-0.25, -0.2) is 0 Å². The Hall–Kier alpha value is -0.120. The molecule has 236 valence electrons. The van der Waals surface area contributed by atoms with Crippen molar-refractivity contribution in [3.63, 3.8) is 0 Å². The molecular formula is C36H74O3. The number of hydrogen-bond acceptors (Lipinski definition) is 3. The van der Waals surface area contributed by atoms with Crippen LogP contribution in [0.25, 0.3) is 0 Å². The van der Waals surface area contributed by atoms with Crippen LogP contribution in [-0.4, -0.2) is 39.6 Å². The molecule has 0 aromatic rings. The zero-order valence-electron chi connectivity index (χ0n) is 27.3. The van der Waals surface area contributed by atoms with Crippen molar-refractivity contribution in [3.05, 3.63) is 0 Å². The molecule has 0 aliphatic heterocycles. The standard InChI is InChI=1S/C36H74O3/c1-3-5-7-9-11-13-15-17-19-21-23-25-27-29-31-37-33-35-39-36-34-38-32-30-28-26-24-22-20-18-16-14-12-10-8-6-4-2/h3-36H2,1-2H3. The van der Waals surface area contributed by atoms with Gasteiger partial charge in [0.2, 0.25) is 0 Å². The normalized spacial score (nSPS) is 11.5. The molecule has 0 heterocycles. The van der Waals surface area contributed by atoms with Crippen molar-refractivity contribution in [1.82, 2.24) is 0 Å². The second-order valence-electron chi connectivity index (χ2n) is 12.0. The fourth-order valence-electron chi connectivity index (χ4n) is 5.34. The van der Waals surface area contributed by atoms with Gasteiger partial charge in [-0.15, -0.1) is 0 Å². The predicted molar refractivity (Wildman–Crippen MR) is 173 cm³/mol. The molecule has 3 heteroatoms. The molecule has 39 heavy (non-hydrogen) atoms. The van der Waals surface area contributed by atoms with E-state index >= 15 is 0 Å². The summed E-state index contributed by atoms with van der Waals surface area (Å²) in [6, 6.07) is 0. The molecule has 0 fully saturated rings. The molecule has 0 aromatic heterocycles. The van der Waals surface area contributed by atoms with E-state index in [0.29, 0.717) is 13.2 Å². The largest absolute Gasteiger partial charge is 0.379 e. The second kappa shape index (κ2) is 37.9. The maximum Gasteiger partial charge on any atom is 0.0701 e. The van der Waals surface area contributed by atoms with Gasteiger partial charge in [-0.05, 0) is 12.8 Å². The highest BCUT2D eigenvalue weighted by Gasteiger charge is 1.97. The minimum Gasteiger partial charge on any atom is -0.379 e. The molecule has 0 atom stereocenters. The lowest BCUT2D eigenvalue weighted by Crippen LogP contribution is -2.10. The number of ether oxygens (including phenoxy) is 3. The van der Waals surface area contributed by atoms with Crippen LogP contribution in [0.5, 0.6) is 0 Å². The summed E-state index contributed by atoms with van der Waals surface area (Å²) in [7, 11) is 0. The Kier molecular flexibility index (Phi) is 37.8. The third kappa shape index (κ3) is 37.9. The van der Waals surface area contributed by atoms with Crippen molar-refractivity contribution in [2.75, 3.05) is 39.6 Å². The van der Waals surface area contributed by atoms with Gasteiger partial charge >= 0.3 is 0 Å². The first-order valence-corrected chi connectivity index (χ1v) is 18.1. The zero-order valence-corrected chi connectivity index (χ0v) is 27.3. The summed E-state index contributed by atoms with van der Waals surface area (Å²) in [5.41, 5.74) is 0. The second-order valence-corrected chi connectivity index (χ2v) is 12.0. The summed E-state index contributed by atoms with van der Waals surface area (Å²) in [5.74, 6) is 0. The summed E-state index contributed by atoms with van der Waals surface area (Å²) in [6.07, 6.45) is 39.3. The quantitative estimate of drug-likeness (QED) is 0.0721. The SMILES string of the molecule is CCCCCCCCCCCCCCCCOCCOCCOCCCCCCCCCCCCCCCC. The summed E-state index contributed by atoms with van der Waals surface area (Å²) < 4.78 is 17.1. The fraction of sp³-hybridized carbons (Fsp3) is 1.00. The van der Waals surface area contributed by atoms with E-state index in [0.717, 1.165) is 26.4 Å². The molecule has 0 radical (unpaired) electrons. The van der Waals surface area contributed by atoms with Crippen molar-refractivity contribution >= 4 is 0 Å². The van der Waals surface area contributed by atoms with Crippen molar-refractivity contribution in [3.8, 4) is 0 Å². The first-order chi connectivity index (χ1) is 19.4. The molecule has 0 aliphatic carbocycles. The molecule has 0 unspecified atom stereocenters. The highest BCUT2D eigenvalue weighted by Crippen LogP contribution is 2.14. The van der Waals surface area contributed by atoms with Crippen LogP contribution in [0.15, 0.2) is 0 Å². The summed E-state index contributed by atoms with van der Waals surface area (Å²) in [6.45, 7) is 9.19. The number of hydrogen-bond donors (Lipinski definition) is 0. The number of unbranched alkanes of at least 4 members (excludes halogenated alkanes) is 26. The first-order valence-electron chi connectivity index (χ1n) is 18.1. The molecule has 0 spiro atoms. The Morgan fingerprint density at radius 2 is 0.385 bits per heavy atom. The Balaban J connectivity index is 3.01. The molecule has 0 rings (SSSR count). The van der Waals surface area contributed by atoms with E-state index in [2.05, 4.69) is 13.8 Å². The van der Waals surface area contributed by atoms with E-state index in [1.807, 2.05) is 0 Å². The minimum atomic E-state index is 0.695. The van der Waals surface area contributed by atoms with E-state index < -0.39 is 0 Å². The monoisotopic (exact) mass is 555 g/mol. The fourth-order valence-corrected chi connectivity index (χ4v) is 5.34. The topological polar surface area (TPSA) is 27.7 Å². The van der Waals surface area contributed by atoms with Crippen LogP contribution in [0, 0.1) is 0 Å². The smallest absolute Gasteiger partial charge is 0.0701 e. The minimum absolute atomic E-state index is 0.695. The van der Waals surface area contributed by atoms with Gasteiger partial charge in [0.25, 0.3) is 0 Å². The summed E-state index contributed by atoms with van der Waals surface area (Å²) in [4.78, 5) is 0. The Labute approximate surface area is 247 Å². The van der Waals surface area contributed by atoms with Gasteiger partial charge in [-0.3, -0.25) is 0 Å². The third-order valence-corrected chi connectivity index (χ3v) is 8.03. The highest BCUT2D eigenvalue weighted by atomic mass is 16.5. The van der Waals surface area contributed by atoms with Gasteiger partial charge in [0, 0.05) is 13.2 Å². The molecule has 0 bridgehead atoms.